The normalized spacial score (nSPS) is 11.2. The molecule has 128 valence electrons. The van der Waals surface area contributed by atoms with Crippen LogP contribution in [-0.2, 0) is 17.9 Å². The molecule has 0 saturated heterocycles. The van der Waals surface area contributed by atoms with Crippen LogP contribution < -0.4 is 5.32 Å². The zero-order chi connectivity index (χ0) is 17.5. The van der Waals surface area contributed by atoms with Gasteiger partial charge in [-0.1, -0.05) is 31.0 Å². The van der Waals surface area contributed by atoms with E-state index in [1.807, 2.05) is 32.0 Å². The standard InChI is InChI=1S/C18H23ClN4O/c1-4-5-11-23-18(19)16(14(3)22-23)9-10-17(24)20-12-15-8-6-7-13(2)21-15/h6-10H,4-5,11-12H2,1-3H3,(H,20,24)/b10-9+. The maximum Gasteiger partial charge on any atom is 0.244 e. The first-order chi connectivity index (χ1) is 11.5. The van der Waals surface area contributed by atoms with Crippen LogP contribution in [0.3, 0.4) is 0 Å². The Hall–Kier alpha value is -2.14. The summed E-state index contributed by atoms with van der Waals surface area (Å²) in [6.07, 6.45) is 5.30. The Morgan fingerprint density at radius 3 is 2.88 bits per heavy atom. The van der Waals surface area contributed by atoms with E-state index in [1.54, 1.807) is 10.8 Å². The van der Waals surface area contributed by atoms with Gasteiger partial charge in [-0.3, -0.25) is 14.5 Å². The number of amides is 1. The van der Waals surface area contributed by atoms with Crippen molar-refractivity contribution in [2.75, 3.05) is 0 Å². The molecule has 0 spiro atoms. The molecule has 2 aromatic rings. The molecular formula is C18H23ClN4O. The van der Waals surface area contributed by atoms with Gasteiger partial charge in [0.05, 0.1) is 17.9 Å². The van der Waals surface area contributed by atoms with Crippen molar-refractivity contribution < 1.29 is 4.79 Å². The summed E-state index contributed by atoms with van der Waals surface area (Å²) >= 11 is 6.35. The summed E-state index contributed by atoms with van der Waals surface area (Å²) in [4.78, 5) is 16.3. The van der Waals surface area contributed by atoms with Gasteiger partial charge >= 0.3 is 0 Å². The molecule has 1 N–H and O–H groups in total. The average molecular weight is 347 g/mol. The summed E-state index contributed by atoms with van der Waals surface area (Å²) in [6.45, 7) is 7.12. The van der Waals surface area contributed by atoms with Crippen LogP contribution in [0.25, 0.3) is 6.08 Å². The van der Waals surface area contributed by atoms with Gasteiger partial charge in [0.2, 0.25) is 5.91 Å². The maximum atomic E-state index is 12.0. The number of nitrogens with zero attached hydrogens (tertiary/aromatic N) is 3. The summed E-state index contributed by atoms with van der Waals surface area (Å²) < 4.78 is 1.79. The predicted molar refractivity (Wildman–Crippen MR) is 96.7 cm³/mol. The molecule has 0 aromatic carbocycles. The summed E-state index contributed by atoms with van der Waals surface area (Å²) in [7, 11) is 0. The Bertz CT molecular complexity index is 737. The van der Waals surface area contributed by atoms with Crippen molar-refractivity contribution in [3.05, 3.63) is 52.1 Å². The topological polar surface area (TPSA) is 59.8 Å². The van der Waals surface area contributed by atoms with Crippen molar-refractivity contribution in [2.45, 2.75) is 46.7 Å². The second kappa shape index (κ2) is 8.64. The van der Waals surface area contributed by atoms with Gasteiger partial charge < -0.3 is 5.32 Å². The average Bonchev–Trinajstić information content (AvgIpc) is 2.83. The van der Waals surface area contributed by atoms with Crippen molar-refractivity contribution in [1.82, 2.24) is 20.1 Å². The third-order valence-electron chi connectivity index (χ3n) is 3.62. The summed E-state index contributed by atoms with van der Waals surface area (Å²) in [6, 6.07) is 5.73. The third-order valence-corrected chi connectivity index (χ3v) is 4.02. The predicted octanol–water partition coefficient (Wildman–Crippen LogP) is 3.68. The fourth-order valence-corrected chi connectivity index (χ4v) is 2.63. The maximum absolute atomic E-state index is 12.0. The molecule has 5 nitrogen and oxygen atoms in total. The molecule has 0 atom stereocenters. The lowest BCUT2D eigenvalue weighted by Gasteiger charge is -2.03. The zero-order valence-electron chi connectivity index (χ0n) is 14.3. The van der Waals surface area contributed by atoms with Crippen molar-refractivity contribution >= 4 is 23.6 Å². The summed E-state index contributed by atoms with van der Waals surface area (Å²) in [5.74, 6) is -0.185. The Balaban J connectivity index is 1.97. The second-order valence-electron chi connectivity index (χ2n) is 5.69. The van der Waals surface area contributed by atoms with Crippen LogP contribution in [-0.4, -0.2) is 20.7 Å². The largest absolute Gasteiger partial charge is 0.347 e. The minimum absolute atomic E-state index is 0.185. The number of aromatic nitrogens is 3. The molecule has 2 heterocycles. The molecule has 0 radical (unpaired) electrons. The highest BCUT2D eigenvalue weighted by Crippen LogP contribution is 2.21. The number of nitrogens with one attached hydrogen (secondary N) is 1. The number of hydrogen-bond donors (Lipinski definition) is 1. The molecule has 24 heavy (non-hydrogen) atoms. The first-order valence-electron chi connectivity index (χ1n) is 8.12. The van der Waals surface area contributed by atoms with E-state index in [0.717, 1.165) is 42.0 Å². The minimum Gasteiger partial charge on any atom is -0.347 e. The van der Waals surface area contributed by atoms with E-state index < -0.39 is 0 Å². The number of unbranched alkanes of at least 4 members (excludes halogenated alkanes) is 1. The van der Waals surface area contributed by atoms with Gasteiger partial charge in [-0.05, 0) is 38.5 Å². The number of carbonyl (C=O) groups is 1. The Morgan fingerprint density at radius 1 is 1.38 bits per heavy atom. The molecule has 0 fully saturated rings. The summed E-state index contributed by atoms with van der Waals surface area (Å²) in [5, 5.41) is 7.81. The van der Waals surface area contributed by atoms with Crippen molar-refractivity contribution in [2.24, 2.45) is 0 Å². The zero-order valence-corrected chi connectivity index (χ0v) is 15.1. The Morgan fingerprint density at radius 2 is 2.17 bits per heavy atom. The van der Waals surface area contributed by atoms with E-state index in [1.165, 1.54) is 6.08 Å². The molecule has 2 rings (SSSR count). The van der Waals surface area contributed by atoms with E-state index in [0.29, 0.717) is 11.7 Å². The molecule has 0 aliphatic rings. The van der Waals surface area contributed by atoms with E-state index in [2.05, 4.69) is 22.3 Å². The second-order valence-corrected chi connectivity index (χ2v) is 6.05. The van der Waals surface area contributed by atoms with Crippen molar-refractivity contribution in [3.63, 3.8) is 0 Å². The lowest BCUT2D eigenvalue weighted by Crippen LogP contribution is -2.20. The number of rotatable bonds is 7. The molecule has 0 aliphatic heterocycles. The monoisotopic (exact) mass is 346 g/mol. The lowest BCUT2D eigenvalue weighted by molar-refractivity contribution is -0.116. The highest BCUT2D eigenvalue weighted by molar-refractivity contribution is 6.31. The van der Waals surface area contributed by atoms with Gasteiger partial charge in [0.25, 0.3) is 0 Å². The van der Waals surface area contributed by atoms with Crippen LogP contribution in [0.1, 0.15) is 42.4 Å². The lowest BCUT2D eigenvalue weighted by atomic mass is 10.2. The SMILES string of the molecule is CCCCn1nc(C)c(/C=C/C(=O)NCc2cccc(C)n2)c1Cl. The van der Waals surface area contributed by atoms with Crippen LogP contribution in [0.4, 0.5) is 0 Å². The number of hydrogen-bond acceptors (Lipinski definition) is 3. The summed E-state index contributed by atoms with van der Waals surface area (Å²) in [5.41, 5.74) is 3.37. The van der Waals surface area contributed by atoms with Gasteiger partial charge in [0, 0.05) is 23.9 Å². The number of aryl methyl sites for hydroxylation is 3. The molecule has 2 aromatic heterocycles. The van der Waals surface area contributed by atoms with E-state index in [9.17, 15) is 4.79 Å². The molecular weight excluding hydrogens is 324 g/mol. The van der Waals surface area contributed by atoms with Crippen LogP contribution in [0.2, 0.25) is 5.15 Å². The first-order valence-corrected chi connectivity index (χ1v) is 8.50. The van der Waals surface area contributed by atoms with Crippen LogP contribution >= 0.6 is 11.6 Å². The number of halogens is 1. The smallest absolute Gasteiger partial charge is 0.244 e. The van der Waals surface area contributed by atoms with Crippen LogP contribution in [0, 0.1) is 13.8 Å². The Kier molecular flexibility index (Phi) is 6.55. The fraction of sp³-hybridized carbons (Fsp3) is 0.389. The van der Waals surface area contributed by atoms with E-state index in [-0.39, 0.29) is 5.91 Å². The molecule has 0 unspecified atom stereocenters. The van der Waals surface area contributed by atoms with E-state index >= 15 is 0 Å². The van der Waals surface area contributed by atoms with Gasteiger partial charge in [-0.15, -0.1) is 0 Å². The van der Waals surface area contributed by atoms with Crippen molar-refractivity contribution in [3.8, 4) is 0 Å². The van der Waals surface area contributed by atoms with Crippen LogP contribution in [0.15, 0.2) is 24.3 Å². The van der Waals surface area contributed by atoms with Crippen molar-refractivity contribution in [1.29, 1.82) is 0 Å². The number of carbonyl (C=O) groups excluding carboxylic acids is 1. The molecule has 0 saturated carbocycles. The fourth-order valence-electron chi connectivity index (χ4n) is 2.31. The van der Waals surface area contributed by atoms with Gasteiger partial charge in [0.15, 0.2) is 0 Å². The third kappa shape index (κ3) is 4.93. The molecule has 1 amide bonds. The van der Waals surface area contributed by atoms with Gasteiger partial charge in [0.1, 0.15) is 5.15 Å². The first kappa shape index (κ1) is 18.2. The quantitative estimate of drug-likeness (QED) is 0.778. The van der Waals surface area contributed by atoms with E-state index in [4.69, 9.17) is 11.6 Å². The highest BCUT2D eigenvalue weighted by Gasteiger charge is 2.10. The molecule has 0 aliphatic carbocycles. The molecule has 0 bridgehead atoms. The number of pyridine rings is 1. The molecule has 6 heteroatoms. The van der Waals surface area contributed by atoms with Gasteiger partial charge in [-0.2, -0.15) is 5.10 Å². The van der Waals surface area contributed by atoms with Crippen LogP contribution in [0.5, 0.6) is 0 Å². The highest BCUT2D eigenvalue weighted by atomic mass is 35.5. The van der Waals surface area contributed by atoms with Gasteiger partial charge in [-0.25, -0.2) is 0 Å². The Labute approximate surface area is 147 Å². The minimum atomic E-state index is -0.185.